The smallest absolute Gasteiger partial charge is 0.346 e. The van der Waals surface area contributed by atoms with Crippen LogP contribution < -0.4 is 11.0 Å². The summed E-state index contributed by atoms with van der Waals surface area (Å²) in [5.41, 5.74) is 2.01. The van der Waals surface area contributed by atoms with Crippen molar-refractivity contribution in [1.82, 2.24) is 15.3 Å². The Morgan fingerprint density at radius 1 is 1.40 bits per heavy atom. The molecule has 102 valence electrons. The van der Waals surface area contributed by atoms with Crippen LogP contribution in [0.3, 0.4) is 0 Å². The number of carbonyl (C=O) groups is 1. The summed E-state index contributed by atoms with van der Waals surface area (Å²) in [6.07, 6.45) is 1.57. The van der Waals surface area contributed by atoms with E-state index in [2.05, 4.69) is 21.9 Å². The van der Waals surface area contributed by atoms with Crippen molar-refractivity contribution in [2.75, 3.05) is 6.54 Å². The largest absolute Gasteiger partial charge is 0.347 e. The van der Waals surface area contributed by atoms with E-state index in [4.69, 9.17) is 0 Å². The Morgan fingerprint density at radius 2 is 2.10 bits per heavy atom. The molecule has 0 spiro atoms. The minimum absolute atomic E-state index is 0.183. The van der Waals surface area contributed by atoms with Gasteiger partial charge in [0.05, 0.1) is 5.69 Å². The first-order valence-corrected chi connectivity index (χ1v) is 6.17. The lowest BCUT2D eigenvalue weighted by Crippen LogP contribution is -2.27. The molecule has 0 unspecified atom stereocenters. The van der Waals surface area contributed by atoms with Crippen LogP contribution in [0, 0.1) is 6.92 Å². The number of amides is 1. The Morgan fingerprint density at radius 3 is 2.75 bits per heavy atom. The first-order chi connectivity index (χ1) is 9.60. The fourth-order valence-electron chi connectivity index (χ4n) is 1.71. The van der Waals surface area contributed by atoms with Gasteiger partial charge in [0.25, 0.3) is 5.91 Å². The molecule has 1 aromatic heterocycles. The Kier molecular flexibility index (Phi) is 4.10. The monoisotopic (exact) mass is 269 g/mol. The number of aryl methyl sites for hydroxylation is 1. The van der Waals surface area contributed by atoms with E-state index in [0.717, 1.165) is 11.1 Å². The van der Waals surface area contributed by atoms with Crippen LogP contribution >= 0.6 is 0 Å². The van der Waals surface area contributed by atoms with Crippen molar-refractivity contribution in [3.8, 4) is 11.3 Å². The summed E-state index contributed by atoms with van der Waals surface area (Å²) in [5, 5.41) is 2.61. The van der Waals surface area contributed by atoms with Gasteiger partial charge in [0, 0.05) is 12.1 Å². The molecule has 1 heterocycles. The maximum absolute atomic E-state index is 11.8. The zero-order valence-corrected chi connectivity index (χ0v) is 11.1. The summed E-state index contributed by atoms with van der Waals surface area (Å²) < 4.78 is 0. The quantitative estimate of drug-likeness (QED) is 0.829. The Balaban J connectivity index is 2.38. The van der Waals surface area contributed by atoms with Gasteiger partial charge in [0.15, 0.2) is 0 Å². The van der Waals surface area contributed by atoms with Gasteiger partial charge in [-0.1, -0.05) is 35.9 Å². The van der Waals surface area contributed by atoms with Crippen molar-refractivity contribution in [2.45, 2.75) is 6.92 Å². The van der Waals surface area contributed by atoms with Crippen molar-refractivity contribution in [2.24, 2.45) is 0 Å². The molecular weight excluding hydrogens is 254 g/mol. The third-order valence-corrected chi connectivity index (χ3v) is 2.74. The van der Waals surface area contributed by atoms with Gasteiger partial charge in [0.1, 0.15) is 5.69 Å². The van der Waals surface area contributed by atoms with Gasteiger partial charge in [-0.15, -0.1) is 6.58 Å². The molecule has 5 heteroatoms. The van der Waals surface area contributed by atoms with Crippen molar-refractivity contribution in [1.29, 1.82) is 0 Å². The molecule has 2 aromatic rings. The molecule has 2 N–H and O–H groups in total. The normalized spacial score (nSPS) is 10.1. The first-order valence-electron chi connectivity index (χ1n) is 6.17. The number of carbonyl (C=O) groups excluding carboxylic acids is 1. The van der Waals surface area contributed by atoms with Gasteiger partial charge >= 0.3 is 5.69 Å². The molecule has 0 radical (unpaired) electrons. The number of hydrogen-bond acceptors (Lipinski definition) is 3. The number of rotatable bonds is 4. The van der Waals surface area contributed by atoms with Crippen molar-refractivity contribution in [3.63, 3.8) is 0 Å². The summed E-state index contributed by atoms with van der Waals surface area (Å²) in [5.74, 6) is -0.363. The number of H-pyrrole nitrogens is 1. The van der Waals surface area contributed by atoms with Crippen LogP contribution in [0.15, 0.2) is 47.8 Å². The average Bonchev–Trinajstić information content (AvgIpc) is 2.44. The van der Waals surface area contributed by atoms with Gasteiger partial charge in [0.2, 0.25) is 0 Å². The van der Waals surface area contributed by atoms with Gasteiger partial charge in [-0.05, 0) is 13.0 Å². The molecule has 1 aromatic carbocycles. The molecule has 0 saturated carbocycles. The molecule has 0 atom stereocenters. The molecule has 0 bridgehead atoms. The van der Waals surface area contributed by atoms with Crippen molar-refractivity contribution < 1.29 is 4.79 Å². The molecular formula is C15H15N3O2. The van der Waals surface area contributed by atoms with Crippen molar-refractivity contribution >= 4 is 5.91 Å². The summed E-state index contributed by atoms with van der Waals surface area (Å²) in [7, 11) is 0. The molecule has 0 aliphatic rings. The van der Waals surface area contributed by atoms with E-state index in [0.29, 0.717) is 12.2 Å². The first kappa shape index (κ1) is 13.7. The molecule has 5 nitrogen and oxygen atoms in total. The zero-order valence-electron chi connectivity index (χ0n) is 11.1. The second-order valence-corrected chi connectivity index (χ2v) is 4.35. The predicted molar refractivity (Wildman–Crippen MR) is 77.6 cm³/mol. The van der Waals surface area contributed by atoms with Crippen LogP contribution in [0.5, 0.6) is 0 Å². The van der Waals surface area contributed by atoms with E-state index in [-0.39, 0.29) is 11.6 Å². The van der Waals surface area contributed by atoms with E-state index < -0.39 is 5.69 Å². The standard InChI is InChI=1S/C15H15N3O2/c1-3-8-16-14(19)13-9-12(17-15(20)18-13)11-6-4-10(2)5-7-11/h3-7,9H,1,8H2,2H3,(H,16,19)(H,17,18,20). The second-order valence-electron chi connectivity index (χ2n) is 4.35. The lowest BCUT2D eigenvalue weighted by molar-refractivity contribution is 0.0952. The Labute approximate surface area is 116 Å². The van der Waals surface area contributed by atoms with Gasteiger partial charge < -0.3 is 10.3 Å². The summed E-state index contributed by atoms with van der Waals surface area (Å²) in [6.45, 7) is 5.83. The third kappa shape index (κ3) is 3.20. The molecule has 20 heavy (non-hydrogen) atoms. The highest BCUT2D eigenvalue weighted by Crippen LogP contribution is 2.16. The lowest BCUT2D eigenvalue weighted by Gasteiger charge is -2.05. The molecule has 0 fully saturated rings. The Hall–Kier alpha value is -2.69. The number of benzene rings is 1. The summed E-state index contributed by atoms with van der Waals surface area (Å²) in [4.78, 5) is 29.7. The number of nitrogens with zero attached hydrogens (tertiary/aromatic N) is 1. The van der Waals surface area contributed by atoms with Gasteiger partial charge in [-0.3, -0.25) is 4.79 Å². The second kappa shape index (κ2) is 5.97. The molecule has 2 rings (SSSR count). The number of aromatic amines is 1. The summed E-state index contributed by atoms with van der Waals surface area (Å²) in [6, 6.07) is 9.14. The van der Waals surface area contributed by atoms with Crippen molar-refractivity contribution in [3.05, 3.63) is 64.7 Å². The number of aromatic nitrogens is 2. The van der Waals surface area contributed by atoms with Crippen LogP contribution in [0.1, 0.15) is 16.1 Å². The van der Waals surface area contributed by atoms with E-state index >= 15 is 0 Å². The molecule has 1 amide bonds. The Bertz CT molecular complexity index is 687. The molecule has 0 saturated heterocycles. The molecule has 0 aliphatic carbocycles. The fourth-order valence-corrected chi connectivity index (χ4v) is 1.71. The van der Waals surface area contributed by atoms with Gasteiger partial charge in [-0.2, -0.15) is 4.98 Å². The molecule has 0 aliphatic heterocycles. The van der Waals surface area contributed by atoms with Gasteiger partial charge in [-0.25, -0.2) is 4.79 Å². The fraction of sp³-hybridized carbons (Fsp3) is 0.133. The minimum Gasteiger partial charge on any atom is -0.347 e. The minimum atomic E-state index is -0.549. The number of hydrogen-bond donors (Lipinski definition) is 2. The SMILES string of the molecule is C=CCNC(=O)c1cc(-c2ccc(C)cc2)nc(=O)[nH]1. The predicted octanol–water partition coefficient (Wildman–Crippen LogP) is 1.66. The zero-order chi connectivity index (χ0) is 14.5. The average molecular weight is 269 g/mol. The van der Waals surface area contributed by atoms with E-state index in [1.807, 2.05) is 31.2 Å². The number of nitrogens with one attached hydrogen (secondary N) is 2. The highest BCUT2D eigenvalue weighted by molar-refractivity contribution is 5.93. The lowest BCUT2D eigenvalue weighted by atomic mass is 10.1. The maximum atomic E-state index is 11.8. The van der Waals surface area contributed by atoms with Crippen LogP contribution in [-0.4, -0.2) is 22.4 Å². The van der Waals surface area contributed by atoms with E-state index in [1.165, 1.54) is 0 Å². The van der Waals surface area contributed by atoms with Crippen LogP contribution in [0.2, 0.25) is 0 Å². The highest BCUT2D eigenvalue weighted by Gasteiger charge is 2.09. The van der Waals surface area contributed by atoms with E-state index in [9.17, 15) is 9.59 Å². The summed E-state index contributed by atoms with van der Waals surface area (Å²) >= 11 is 0. The van der Waals surface area contributed by atoms with E-state index in [1.54, 1.807) is 12.1 Å². The highest BCUT2D eigenvalue weighted by atomic mass is 16.2. The van der Waals surface area contributed by atoms with Crippen LogP contribution in [0.25, 0.3) is 11.3 Å². The topological polar surface area (TPSA) is 74.8 Å². The van der Waals surface area contributed by atoms with Crippen LogP contribution in [0.4, 0.5) is 0 Å². The maximum Gasteiger partial charge on any atom is 0.346 e. The van der Waals surface area contributed by atoms with Crippen LogP contribution in [-0.2, 0) is 0 Å². The third-order valence-electron chi connectivity index (χ3n) is 2.74.